The van der Waals surface area contributed by atoms with Crippen molar-refractivity contribution >= 4 is 6.72 Å². The van der Waals surface area contributed by atoms with E-state index in [1.165, 1.54) is 0 Å². The maximum atomic E-state index is 5.22. The number of hydrogen-bond donors (Lipinski definition) is 1. The molecule has 0 unspecified atom stereocenters. The molecule has 0 aromatic carbocycles. The van der Waals surface area contributed by atoms with Gasteiger partial charge in [-0.1, -0.05) is 0 Å². The lowest BCUT2D eigenvalue weighted by molar-refractivity contribution is -0.488. The Morgan fingerprint density at radius 2 is 2.29 bits per heavy atom. The zero-order chi connectivity index (χ0) is 5.70. The van der Waals surface area contributed by atoms with E-state index < -0.39 is 0 Å². The van der Waals surface area contributed by atoms with Crippen LogP contribution in [0.25, 0.3) is 0 Å². The van der Waals surface area contributed by atoms with Gasteiger partial charge in [-0.3, -0.25) is 0 Å². The molecule has 2 heteroatoms. The molecule has 0 atom stereocenters. The molecule has 0 aliphatic heterocycles. The molecule has 0 aliphatic rings. The van der Waals surface area contributed by atoms with Gasteiger partial charge < -0.3 is 5.73 Å². The highest BCUT2D eigenvalue weighted by Crippen LogP contribution is 1.70. The Hall–Kier alpha value is -0.370. The van der Waals surface area contributed by atoms with Gasteiger partial charge in [0, 0.05) is 6.42 Å². The summed E-state index contributed by atoms with van der Waals surface area (Å²) in [5.74, 6) is 0. The second-order valence-corrected chi connectivity index (χ2v) is 1.72. The van der Waals surface area contributed by atoms with Gasteiger partial charge in [0.25, 0.3) is 0 Å². The third-order valence-electron chi connectivity index (χ3n) is 0.744. The van der Waals surface area contributed by atoms with Crippen molar-refractivity contribution in [3.8, 4) is 0 Å². The van der Waals surface area contributed by atoms with Crippen LogP contribution >= 0.6 is 0 Å². The van der Waals surface area contributed by atoms with Crippen molar-refractivity contribution in [1.82, 2.24) is 0 Å². The molecule has 0 aromatic rings. The largest absolute Gasteiger partial charge is 0.330 e. The van der Waals surface area contributed by atoms with Crippen molar-refractivity contribution in [1.29, 1.82) is 0 Å². The topological polar surface area (TPSA) is 29.0 Å². The van der Waals surface area contributed by atoms with Gasteiger partial charge in [0.2, 0.25) is 0 Å². The third-order valence-corrected chi connectivity index (χ3v) is 0.744. The molecule has 0 spiro atoms. The Bertz CT molecular complexity index is 59.1. The van der Waals surface area contributed by atoms with Gasteiger partial charge >= 0.3 is 0 Å². The summed E-state index contributed by atoms with van der Waals surface area (Å²) in [6.45, 7) is 5.41. The minimum absolute atomic E-state index is 0.764. The van der Waals surface area contributed by atoms with Gasteiger partial charge in [0.05, 0.1) is 0 Å². The summed E-state index contributed by atoms with van der Waals surface area (Å²) in [7, 11) is 1.94. The zero-order valence-electron chi connectivity index (χ0n) is 4.85. The quantitative estimate of drug-likeness (QED) is 0.383. The number of rotatable bonds is 3. The first-order chi connectivity index (χ1) is 3.27. The van der Waals surface area contributed by atoms with Gasteiger partial charge in [-0.15, -0.1) is 0 Å². The number of hydrogen-bond acceptors (Lipinski definition) is 1. The molecule has 0 heterocycles. The lowest BCUT2D eigenvalue weighted by Crippen LogP contribution is -2.09. The van der Waals surface area contributed by atoms with Crippen molar-refractivity contribution in [2.45, 2.75) is 6.42 Å². The smallest absolute Gasteiger partial charge is 0.143 e. The first kappa shape index (κ1) is 6.63. The van der Waals surface area contributed by atoms with E-state index in [9.17, 15) is 0 Å². The van der Waals surface area contributed by atoms with E-state index in [0.717, 1.165) is 19.5 Å². The Labute approximate surface area is 44.6 Å². The van der Waals surface area contributed by atoms with Gasteiger partial charge in [-0.2, -0.15) is 0 Å². The molecule has 0 saturated heterocycles. The summed E-state index contributed by atoms with van der Waals surface area (Å²) in [6.07, 6.45) is 1.04. The van der Waals surface area contributed by atoms with Crippen molar-refractivity contribution in [2.75, 3.05) is 20.1 Å². The predicted molar refractivity (Wildman–Crippen MR) is 31.8 cm³/mol. The highest BCUT2D eigenvalue weighted by atomic mass is 14.9. The zero-order valence-corrected chi connectivity index (χ0v) is 4.85. The Morgan fingerprint density at radius 1 is 1.71 bits per heavy atom. The van der Waals surface area contributed by atoms with E-state index in [0.29, 0.717) is 0 Å². The summed E-state index contributed by atoms with van der Waals surface area (Å²) < 4.78 is 1.88. The van der Waals surface area contributed by atoms with Crippen LogP contribution in [-0.2, 0) is 0 Å². The SMILES string of the molecule is C=[N+](C)CCCN. The van der Waals surface area contributed by atoms with Crippen LogP contribution in [0.4, 0.5) is 0 Å². The van der Waals surface area contributed by atoms with Crippen LogP contribution in [0, 0.1) is 0 Å². The predicted octanol–water partition coefficient (Wildman–Crippen LogP) is -0.322. The summed E-state index contributed by atoms with van der Waals surface area (Å²) in [4.78, 5) is 0. The molecular formula is C5H13N2+. The summed E-state index contributed by atoms with van der Waals surface area (Å²) in [6, 6.07) is 0. The van der Waals surface area contributed by atoms with Crippen LogP contribution < -0.4 is 5.73 Å². The molecule has 0 radical (unpaired) electrons. The van der Waals surface area contributed by atoms with Gasteiger partial charge in [-0.05, 0) is 6.54 Å². The van der Waals surface area contributed by atoms with Crippen LogP contribution in [-0.4, -0.2) is 31.4 Å². The van der Waals surface area contributed by atoms with Crippen LogP contribution in [0.1, 0.15) is 6.42 Å². The first-order valence-corrected chi connectivity index (χ1v) is 2.49. The summed E-state index contributed by atoms with van der Waals surface area (Å²) in [5.41, 5.74) is 5.22. The van der Waals surface area contributed by atoms with Crippen molar-refractivity contribution < 1.29 is 4.58 Å². The molecule has 0 aliphatic carbocycles. The van der Waals surface area contributed by atoms with Crippen LogP contribution in [0.15, 0.2) is 0 Å². The third kappa shape index (κ3) is 5.63. The highest BCUT2D eigenvalue weighted by Gasteiger charge is 1.86. The minimum atomic E-state index is 0.764. The highest BCUT2D eigenvalue weighted by molar-refractivity contribution is 5.13. The van der Waals surface area contributed by atoms with Crippen LogP contribution in [0.3, 0.4) is 0 Å². The molecule has 0 amide bonds. The maximum absolute atomic E-state index is 5.22. The Kier molecular flexibility index (Phi) is 3.61. The van der Waals surface area contributed by atoms with E-state index in [4.69, 9.17) is 5.73 Å². The lowest BCUT2D eigenvalue weighted by Gasteiger charge is -1.88. The molecule has 2 N–H and O–H groups in total. The molecular weight excluding hydrogens is 88.1 g/mol. The summed E-state index contributed by atoms with van der Waals surface area (Å²) >= 11 is 0. The van der Waals surface area contributed by atoms with E-state index in [1.807, 2.05) is 11.6 Å². The number of nitrogens with two attached hydrogens (primary N) is 1. The number of nitrogens with zero attached hydrogens (tertiary/aromatic N) is 1. The maximum Gasteiger partial charge on any atom is 0.143 e. The van der Waals surface area contributed by atoms with Gasteiger partial charge in [0.1, 0.15) is 20.3 Å². The molecule has 7 heavy (non-hydrogen) atoms. The Morgan fingerprint density at radius 3 is 2.43 bits per heavy atom. The molecule has 2 nitrogen and oxygen atoms in total. The summed E-state index contributed by atoms with van der Waals surface area (Å²) in [5, 5.41) is 0. The average molecular weight is 101 g/mol. The van der Waals surface area contributed by atoms with Crippen LogP contribution in [0.5, 0.6) is 0 Å². The molecule has 0 fully saturated rings. The monoisotopic (exact) mass is 101 g/mol. The van der Waals surface area contributed by atoms with Crippen LogP contribution in [0.2, 0.25) is 0 Å². The second kappa shape index (κ2) is 3.81. The van der Waals surface area contributed by atoms with Crippen molar-refractivity contribution in [3.63, 3.8) is 0 Å². The molecule has 0 aromatic heterocycles. The molecule has 0 saturated carbocycles. The Balaban J connectivity index is 2.82. The lowest BCUT2D eigenvalue weighted by atomic mass is 10.4. The fourth-order valence-corrected chi connectivity index (χ4v) is 0.361. The molecule has 0 rings (SSSR count). The van der Waals surface area contributed by atoms with Crippen molar-refractivity contribution in [3.05, 3.63) is 0 Å². The second-order valence-electron chi connectivity index (χ2n) is 1.72. The fourth-order valence-electron chi connectivity index (χ4n) is 0.361. The van der Waals surface area contributed by atoms with E-state index >= 15 is 0 Å². The van der Waals surface area contributed by atoms with Gasteiger partial charge in [0.15, 0.2) is 0 Å². The minimum Gasteiger partial charge on any atom is -0.330 e. The van der Waals surface area contributed by atoms with E-state index in [2.05, 4.69) is 6.72 Å². The fraction of sp³-hybridized carbons (Fsp3) is 0.800. The van der Waals surface area contributed by atoms with Crippen molar-refractivity contribution in [2.24, 2.45) is 5.73 Å². The average Bonchev–Trinajstić information content (AvgIpc) is 1.61. The molecule has 0 bridgehead atoms. The van der Waals surface area contributed by atoms with Gasteiger partial charge in [-0.25, -0.2) is 4.58 Å². The van der Waals surface area contributed by atoms with E-state index in [-0.39, 0.29) is 0 Å². The first-order valence-electron chi connectivity index (χ1n) is 2.49. The normalized spacial score (nSPS) is 8.86. The standard InChI is InChI=1S/C5H13N2/c1-7(2)5-3-4-6/h1,3-6H2,2H3/q+1. The van der Waals surface area contributed by atoms with E-state index in [1.54, 1.807) is 0 Å². The molecule has 42 valence electrons.